The quantitative estimate of drug-likeness (QED) is 0.572. The Hall–Kier alpha value is -2.51. The van der Waals surface area contributed by atoms with Crippen molar-refractivity contribution < 1.29 is 23.4 Å². The number of aryl methyl sites for hydroxylation is 1. The summed E-state index contributed by atoms with van der Waals surface area (Å²) in [7, 11) is 1.29. The van der Waals surface area contributed by atoms with Gasteiger partial charge in [-0.05, 0) is 62.9 Å². The van der Waals surface area contributed by atoms with Crippen LogP contribution in [-0.4, -0.2) is 37.9 Å². The highest BCUT2D eigenvalue weighted by Crippen LogP contribution is 2.43. The molecule has 31 heavy (non-hydrogen) atoms. The first-order chi connectivity index (χ1) is 14.9. The summed E-state index contributed by atoms with van der Waals surface area (Å²) in [5.74, 6) is -1.28. The molecule has 1 fully saturated rings. The average Bonchev–Trinajstić information content (AvgIpc) is 2.78. The van der Waals surface area contributed by atoms with Gasteiger partial charge in [0, 0.05) is 30.1 Å². The molecule has 1 heterocycles. The van der Waals surface area contributed by atoms with E-state index in [1.807, 2.05) is 6.92 Å². The summed E-state index contributed by atoms with van der Waals surface area (Å²) in [6.07, 6.45) is 1.84. The lowest BCUT2D eigenvalue weighted by atomic mass is 9.72. The zero-order valence-corrected chi connectivity index (χ0v) is 18.0. The van der Waals surface area contributed by atoms with Crippen molar-refractivity contribution in [3.8, 4) is 11.1 Å². The zero-order valence-electron chi connectivity index (χ0n) is 18.0. The van der Waals surface area contributed by atoms with Gasteiger partial charge in [0.15, 0.2) is 0 Å². The van der Waals surface area contributed by atoms with Crippen LogP contribution in [0.25, 0.3) is 11.1 Å². The van der Waals surface area contributed by atoms with E-state index in [9.17, 15) is 14.3 Å². The highest BCUT2D eigenvalue weighted by atomic mass is 19.1. The number of hydrogen-bond acceptors (Lipinski definition) is 4. The first-order valence-corrected chi connectivity index (χ1v) is 10.7. The van der Waals surface area contributed by atoms with Crippen molar-refractivity contribution in [1.82, 2.24) is 10.6 Å². The molecule has 1 saturated heterocycles. The second kappa shape index (κ2) is 10.2. The van der Waals surface area contributed by atoms with Gasteiger partial charge in [0.05, 0.1) is 12.7 Å². The number of carbonyl (C=O) groups is 1. The van der Waals surface area contributed by atoms with Crippen LogP contribution >= 0.6 is 0 Å². The number of piperidine rings is 1. The summed E-state index contributed by atoms with van der Waals surface area (Å²) in [6.45, 7) is 3.56. The van der Waals surface area contributed by atoms with Gasteiger partial charge in [0.25, 0.3) is 0 Å². The third kappa shape index (κ3) is 5.22. The maximum atomic E-state index is 15.1. The number of alkyl carbamates (subject to hydrolysis) is 1. The number of benzene rings is 2. The minimum Gasteiger partial charge on any atom is -0.453 e. The highest BCUT2D eigenvalue weighted by Gasteiger charge is 2.41. The van der Waals surface area contributed by atoms with Gasteiger partial charge in [-0.3, -0.25) is 0 Å². The Kier molecular flexibility index (Phi) is 7.62. The molecule has 3 rings (SSSR count). The highest BCUT2D eigenvalue weighted by molar-refractivity contribution is 5.70. The van der Waals surface area contributed by atoms with E-state index in [4.69, 9.17) is 0 Å². The number of nitrogens with one attached hydrogen (secondary N) is 2. The first-order valence-electron chi connectivity index (χ1n) is 10.7. The van der Waals surface area contributed by atoms with Crippen molar-refractivity contribution in [2.45, 2.75) is 38.2 Å². The van der Waals surface area contributed by atoms with E-state index in [2.05, 4.69) is 15.4 Å². The zero-order chi connectivity index (χ0) is 22.4. The number of amides is 1. The summed E-state index contributed by atoms with van der Waals surface area (Å²) in [5.41, 5.74) is 0.0268. The summed E-state index contributed by atoms with van der Waals surface area (Å²) in [4.78, 5) is 11.4. The minimum atomic E-state index is -1.39. The second-order valence-corrected chi connectivity index (χ2v) is 8.14. The molecular weight excluding hydrogens is 402 g/mol. The number of methoxy groups -OCH3 is 1. The van der Waals surface area contributed by atoms with Crippen molar-refractivity contribution in [2.75, 3.05) is 26.7 Å². The van der Waals surface area contributed by atoms with Crippen LogP contribution in [0.4, 0.5) is 13.6 Å². The smallest absolute Gasteiger partial charge is 0.406 e. The predicted octanol–water partition coefficient (Wildman–Crippen LogP) is 4.26. The molecule has 0 bridgehead atoms. The molecule has 7 heteroatoms. The second-order valence-electron chi connectivity index (χ2n) is 8.14. The van der Waals surface area contributed by atoms with Gasteiger partial charge in [0.1, 0.15) is 11.6 Å². The molecule has 0 aliphatic carbocycles. The van der Waals surface area contributed by atoms with Gasteiger partial charge in [-0.15, -0.1) is 0 Å². The molecule has 1 aliphatic heterocycles. The molecule has 0 aromatic heterocycles. The van der Waals surface area contributed by atoms with E-state index in [1.54, 1.807) is 24.3 Å². The standard InChI is InChI=1S/C24H30F2N2O3/c1-16-9-10-20(25)18(14-16)22-19(7-3-8-21(22)26)24(30,17-6-4-12-27-15-17)11-5-13-28-23(29)31-2/h3,7-10,14,17,27,30H,4-6,11-13,15H2,1-2H3,(H,28,29). The molecule has 168 valence electrons. The molecular formula is C24H30F2N2O3. The lowest BCUT2D eigenvalue weighted by Gasteiger charge is -2.40. The summed E-state index contributed by atoms with van der Waals surface area (Å²) >= 11 is 0. The van der Waals surface area contributed by atoms with Crippen LogP contribution in [0.3, 0.4) is 0 Å². The van der Waals surface area contributed by atoms with E-state index < -0.39 is 23.3 Å². The van der Waals surface area contributed by atoms with E-state index in [0.717, 1.165) is 24.9 Å². The van der Waals surface area contributed by atoms with Crippen molar-refractivity contribution >= 4 is 6.09 Å². The van der Waals surface area contributed by atoms with Gasteiger partial charge >= 0.3 is 6.09 Å². The van der Waals surface area contributed by atoms with Crippen molar-refractivity contribution in [1.29, 1.82) is 0 Å². The molecule has 5 nitrogen and oxygen atoms in total. The largest absolute Gasteiger partial charge is 0.453 e. The minimum absolute atomic E-state index is 0.0951. The van der Waals surface area contributed by atoms with E-state index in [-0.39, 0.29) is 23.5 Å². The van der Waals surface area contributed by atoms with Crippen LogP contribution in [0, 0.1) is 24.5 Å². The van der Waals surface area contributed by atoms with Crippen LogP contribution in [0.5, 0.6) is 0 Å². The maximum absolute atomic E-state index is 15.1. The van der Waals surface area contributed by atoms with Crippen molar-refractivity contribution in [3.63, 3.8) is 0 Å². The fraction of sp³-hybridized carbons (Fsp3) is 0.458. The number of hydrogen-bond donors (Lipinski definition) is 3. The van der Waals surface area contributed by atoms with Crippen LogP contribution in [0.1, 0.15) is 36.8 Å². The SMILES string of the molecule is COC(=O)NCCCC(O)(c1cccc(F)c1-c1cc(C)ccc1F)C1CCCNC1. The Morgan fingerprint density at radius 3 is 2.81 bits per heavy atom. The van der Waals surface area contributed by atoms with E-state index >= 15 is 4.39 Å². The Morgan fingerprint density at radius 1 is 1.29 bits per heavy atom. The lowest BCUT2D eigenvalue weighted by molar-refractivity contribution is -0.0417. The summed E-state index contributed by atoms with van der Waals surface area (Å²) in [5, 5.41) is 17.9. The summed E-state index contributed by atoms with van der Waals surface area (Å²) < 4.78 is 34.5. The molecule has 0 spiro atoms. The topological polar surface area (TPSA) is 70.6 Å². The molecule has 0 saturated carbocycles. The van der Waals surface area contributed by atoms with Crippen LogP contribution < -0.4 is 10.6 Å². The van der Waals surface area contributed by atoms with Gasteiger partial charge in [-0.25, -0.2) is 13.6 Å². The third-order valence-corrected chi connectivity index (χ3v) is 6.03. The van der Waals surface area contributed by atoms with Crippen LogP contribution in [0.2, 0.25) is 0 Å². The molecule has 2 aromatic rings. The van der Waals surface area contributed by atoms with E-state index in [0.29, 0.717) is 25.1 Å². The first kappa shape index (κ1) is 23.2. The number of halogens is 2. The van der Waals surface area contributed by atoms with Gasteiger partial charge in [0.2, 0.25) is 0 Å². The predicted molar refractivity (Wildman–Crippen MR) is 116 cm³/mol. The number of carbonyl (C=O) groups excluding carboxylic acids is 1. The van der Waals surface area contributed by atoms with Crippen molar-refractivity contribution in [3.05, 3.63) is 59.2 Å². The third-order valence-electron chi connectivity index (χ3n) is 6.03. The normalized spacial score (nSPS) is 18.3. The fourth-order valence-corrected chi connectivity index (χ4v) is 4.43. The molecule has 1 amide bonds. The molecule has 2 aromatic carbocycles. The Bertz CT molecular complexity index is 916. The Balaban J connectivity index is 2.03. The van der Waals surface area contributed by atoms with Gasteiger partial charge < -0.3 is 20.5 Å². The lowest BCUT2D eigenvalue weighted by Crippen LogP contribution is -2.45. The number of ether oxygens (including phenoxy) is 1. The fourth-order valence-electron chi connectivity index (χ4n) is 4.43. The van der Waals surface area contributed by atoms with Crippen LogP contribution in [0.15, 0.2) is 36.4 Å². The van der Waals surface area contributed by atoms with Crippen LogP contribution in [-0.2, 0) is 10.3 Å². The molecule has 0 radical (unpaired) electrons. The molecule has 2 atom stereocenters. The molecule has 2 unspecified atom stereocenters. The number of aliphatic hydroxyl groups is 1. The summed E-state index contributed by atoms with van der Waals surface area (Å²) in [6, 6.07) is 9.09. The number of rotatable bonds is 7. The average molecular weight is 433 g/mol. The van der Waals surface area contributed by atoms with Gasteiger partial charge in [-0.1, -0.05) is 23.8 Å². The molecule has 1 aliphatic rings. The van der Waals surface area contributed by atoms with Crippen molar-refractivity contribution in [2.24, 2.45) is 5.92 Å². The van der Waals surface area contributed by atoms with Gasteiger partial charge in [-0.2, -0.15) is 0 Å². The van der Waals surface area contributed by atoms with E-state index in [1.165, 1.54) is 19.2 Å². The maximum Gasteiger partial charge on any atom is 0.406 e. The Labute approximate surface area is 181 Å². The molecule has 3 N–H and O–H groups in total. The monoisotopic (exact) mass is 432 g/mol. The Morgan fingerprint density at radius 2 is 2.10 bits per heavy atom.